The Labute approximate surface area is 139 Å². The second-order valence-electron chi connectivity index (χ2n) is 5.43. The number of rotatable bonds is 4. The molecular weight excluding hydrogens is 323 g/mol. The molecule has 1 N–H and O–H groups in total. The number of amides is 1. The molecule has 0 radical (unpaired) electrons. The van der Waals surface area contributed by atoms with Crippen LogP contribution in [0.25, 0.3) is 0 Å². The molecule has 0 unspecified atom stereocenters. The van der Waals surface area contributed by atoms with Crippen molar-refractivity contribution in [3.8, 4) is 6.07 Å². The van der Waals surface area contributed by atoms with Crippen LogP contribution in [0.5, 0.6) is 0 Å². The van der Waals surface area contributed by atoms with E-state index in [0.29, 0.717) is 10.0 Å². The maximum Gasteiger partial charge on any atom is 0.245 e. The van der Waals surface area contributed by atoms with E-state index in [9.17, 15) is 14.9 Å². The van der Waals surface area contributed by atoms with Crippen molar-refractivity contribution in [3.63, 3.8) is 0 Å². The Morgan fingerprint density at radius 2 is 1.73 bits per heavy atom. The highest BCUT2D eigenvalue weighted by atomic mass is 35.5. The van der Waals surface area contributed by atoms with Crippen molar-refractivity contribution < 1.29 is 9.59 Å². The number of halogens is 2. The molecule has 0 spiro atoms. The number of carbonyl (C=O) groups is 2. The van der Waals surface area contributed by atoms with E-state index in [1.54, 1.807) is 6.07 Å². The molecule has 1 aliphatic carbocycles. The van der Waals surface area contributed by atoms with Gasteiger partial charge < -0.3 is 5.32 Å². The van der Waals surface area contributed by atoms with E-state index in [1.165, 1.54) is 18.2 Å². The second-order valence-corrected chi connectivity index (χ2v) is 6.30. The van der Waals surface area contributed by atoms with Gasteiger partial charge in [0.1, 0.15) is 0 Å². The normalized spacial score (nSPS) is 16.6. The zero-order chi connectivity index (χ0) is 16.1. The molecular formula is C16H16Cl2N2O2. The Balaban J connectivity index is 2.11. The lowest BCUT2D eigenvalue weighted by atomic mass is 9.93. The lowest BCUT2D eigenvalue weighted by Crippen LogP contribution is -2.42. The first-order valence-electron chi connectivity index (χ1n) is 7.21. The summed E-state index contributed by atoms with van der Waals surface area (Å²) >= 11 is 11.7. The number of hydrogen-bond donors (Lipinski definition) is 1. The SMILES string of the molecule is N#C[C@H](C(=O)NC1CCCCC1)C(=O)c1cc(Cl)cc(Cl)c1. The van der Waals surface area contributed by atoms with Crippen LogP contribution in [0.1, 0.15) is 42.5 Å². The summed E-state index contributed by atoms with van der Waals surface area (Å²) < 4.78 is 0. The van der Waals surface area contributed by atoms with Crippen molar-refractivity contribution in [2.75, 3.05) is 0 Å². The van der Waals surface area contributed by atoms with E-state index < -0.39 is 17.6 Å². The van der Waals surface area contributed by atoms with Gasteiger partial charge in [-0.05, 0) is 31.0 Å². The first-order valence-corrected chi connectivity index (χ1v) is 7.97. The van der Waals surface area contributed by atoms with Crippen LogP contribution < -0.4 is 5.32 Å². The van der Waals surface area contributed by atoms with Crippen LogP contribution in [0, 0.1) is 17.2 Å². The van der Waals surface area contributed by atoms with Crippen LogP contribution in [0.4, 0.5) is 0 Å². The number of nitrogens with one attached hydrogen (secondary N) is 1. The highest BCUT2D eigenvalue weighted by Gasteiger charge is 2.29. The van der Waals surface area contributed by atoms with Crippen molar-refractivity contribution in [2.24, 2.45) is 5.92 Å². The van der Waals surface area contributed by atoms with Gasteiger partial charge in [0.25, 0.3) is 0 Å². The summed E-state index contributed by atoms with van der Waals surface area (Å²) in [4.78, 5) is 24.6. The molecule has 1 aliphatic rings. The highest BCUT2D eigenvalue weighted by molar-refractivity contribution is 6.35. The molecule has 1 aromatic rings. The van der Waals surface area contributed by atoms with E-state index in [1.807, 2.05) is 0 Å². The van der Waals surface area contributed by atoms with E-state index in [0.717, 1.165) is 32.1 Å². The van der Waals surface area contributed by atoms with Crippen LogP contribution in [-0.2, 0) is 4.79 Å². The third kappa shape index (κ3) is 4.22. The maximum absolute atomic E-state index is 12.4. The van der Waals surface area contributed by atoms with Gasteiger partial charge in [-0.1, -0.05) is 42.5 Å². The summed E-state index contributed by atoms with van der Waals surface area (Å²) in [5.74, 6) is -2.51. The van der Waals surface area contributed by atoms with Crippen LogP contribution in [-0.4, -0.2) is 17.7 Å². The molecule has 0 aliphatic heterocycles. The zero-order valence-electron chi connectivity index (χ0n) is 11.9. The highest BCUT2D eigenvalue weighted by Crippen LogP contribution is 2.22. The predicted molar refractivity (Wildman–Crippen MR) is 84.9 cm³/mol. The van der Waals surface area contributed by atoms with Crippen molar-refractivity contribution in [1.29, 1.82) is 5.26 Å². The first-order chi connectivity index (χ1) is 10.5. The molecule has 4 nitrogen and oxygen atoms in total. The minimum Gasteiger partial charge on any atom is -0.352 e. The van der Waals surface area contributed by atoms with Gasteiger partial charge >= 0.3 is 0 Å². The Bertz CT molecular complexity index is 599. The third-order valence-electron chi connectivity index (χ3n) is 3.75. The molecule has 116 valence electrons. The number of benzene rings is 1. The van der Waals surface area contributed by atoms with Crippen molar-refractivity contribution in [2.45, 2.75) is 38.1 Å². The Hall–Kier alpha value is -1.57. The van der Waals surface area contributed by atoms with E-state index in [2.05, 4.69) is 5.32 Å². The van der Waals surface area contributed by atoms with Crippen molar-refractivity contribution in [3.05, 3.63) is 33.8 Å². The van der Waals surface area contributed by atoms with Gasteiger partial charge in [0.2, 0.25) is 5.91 Å². The van der Waals surface area contributed by atoms with Gasteiger partial charge in [-0.15, -0.1) is 0 Å². The monoisotopic (exact) mass is 338 g/mol. The van der Waals surface area contributed by atoms with Crippen molar-refractivity contribution in [1.82, 2.24) is 5.32 Å². The summed E-state index contributed by atoms with van der Waals surface area (Å²) in [6.45, 7) is 0. The van der Waals surface area contributed by atoms with E-state index in [-0.39, 0.29) is 11.6 Å². The van der Waals surface area contributed by atoms with Crippen molar-refractivity contribution >= 4 is 34.9 Å². The Kier molecular flexibility index (Phi) is 5.82. The number of carbonyl (C=O) groups excluding carboxylic acids is 2. The molecule has 1 amide bonds. The summed E-state index contributed by atoms with van der Waals surface area (Å²) in [6, 6.07) is 6.14. The molecule has 0 bridgehead atoms. The second kappa shape index (κ2) is 7.62. The summed E-state index contributed by atoms with van der Waals surface area (Å²) in [5.41, 5.74) is 0.169. The quantitative estimate of drug-likeness (QED) is 0.671. The van der Waals surface area contributed by atoms with Gasteiger partial charge in [0.15, 0.2) is 11.7 Å². The molecule has 2 rings (SSSR count). The predicted octanol–water partition coefficient (Wildman–Crippen LogP) is 3.76. The standard InChI is InChI=1S/C16H16Cl2N2O2/c17-11-6-10(7-12(18)8-11)15(21)14(9-19)16(22)20-13-4-2-1-3-5-13/h6-8,13-14H,1-5H2,(H,20,22)/t14-/m0/s1. The number of Topliss-reactive ketones (excluding diaryl/α,β-unsaturated/α-hetero) is 1. The minimum atomic E-state index is -1.38. The third-order valence-corrected chi connectivity index (χ3v) is 4.19. The smallest absolute Gasteiger partial charge is 0.245 e. The molecule has 6 heteroatoms. The first kappa shape index (κ1) is 16.8. The average Bonchev–Trinajstić information content (AvgIpc) is 2.47. The Morgan fingerprint density at radius 3 is 2.27 bits per heavy atom. The van der Waals surface area contributed by atoms with Crippen LogP contribution >= 0.6 is 23.2 Å². The molecule has 1 saturated carbocycles. The van der Waals surface area contributed by atoms with Crippen LogP contribution in [0.3, 0.4) is 0 Å². The molecule has 0 heterocycles. The molecule has 1 aromatic carbocycles. The fraction of sp³-hybridized carbons (Fsp3) is 0.438. The zero-order valence-corrected chi connectivity index (χ0v) is 13.5. The number of nitrogens with zero attached hydrogens (tertiary/aromatic N) is 1. The average molecular weight is 339 g/mol. The van der Waals surface area contributed by atoms with E-state index >= 15 is 0 Å². The maximum atomic E-state index is 12.4. The van der Waals surface area contributed by atoms with Crippen LogP contribution in [0.2, 0.25) is 10.0 Å². The topological polar surface area (TPSA) is 70.0 Å². The lowest BCUT2D eigenvalue weighted by molar-refractivity contribution is -0.123. The molecule has 0 aromatic heterocycles. The molecule has 22 heavy (non-hydrogen) atoms. The van der Waals surface area contributed by atoms with Gasteiger partial charge in [-0.25, -0.2) is 0 Å². The number of ketones is 1. The fourth-order valence-electron chi connectivity index (χ4n) is 2.63. The molecule has 1 atom stereocenters. The number of nitriles is 1. The van der Waals surface area contributed by atoms with Crippen LogP contribution in [0.15, 0.2) is 18.2 Å². The number of hydrogen-bond acceptors (Lipinski definition) is 3. The summed E-state index contributed by atoms with van der Waals surface area (Å²) in [7, 11) is 0. The lowest BCUT2D eigenvalue weighted by Gasteiger charge is -2.23. The molecule has 0 saturated heterocycles. The van der Waals surface area contributed by atoms with Gasteiger partial charge in [-0.3, -0.25) is 9.59 Å². The Morgan fingerprint density at radius 1 is 1.14 bits per heavy atom. The minimum absolute atomic E-state index is 0.0489. The summed E-state index contributed by atoms with van der Waals surface area (Å²) in [5, 5.41) is 12.6. The summed E-state index contributed by atoms with van der Waals surface area (Å²) in [6.07, 6.45) is 5.05. The van der Waals surface area contributed by atoms with Gasteiger partial charge in [-0.2, -0.15) is 5.26 Å². The largest absolute Gasteiger partial charge is 0.352 e. The van der Waals surface area contributed by atoms with Gasteiger partial charge in [0, 0.05) is 21.7 Å². The van der Waals surface area contributed by atoms with E-state index in [4.69, 9.17) is 23.2 Å². The molecule has 1 fully saturated rings. The fourth-order valence-corrected chi connectivity index (χ4v) is 3.16. The van der Waals surface area contributed by atoms with Gasteiger partial charge in [0.05, 0.1) is 6.07 Å².